The molecule has 2 saturated heterocycles. The number of β-amino-alcohol motifs (C(OH)–C–C–N with tert-alkyl or cyclic N) is 1. The van der Waals surface area contributed by atoms with Crippen molar-refractivity contribution in [3.63, 3.8) is 0 Å². The Morgan fingerprint density at radius 3 is 2.58 bits per heavy atom. The van der Waals surface area contributed by atoms with E-state index in [0.717, 1.165) is 44.0 Å². The molecular formula is C18H28N4O2. The highest BCUT2D eigenvalue weighted by atomic mass is 16.3. The van der Waals surface area contributed by atoms with Crippen molar-refractivity contribution in [3.8, 4) is 0 Å². The van der Waals surface area contributed by atoms with Gasteiger partial charge in [-0.15, -0.1) is 0 Å². The third kappa shape index (κ3) is 3.82. The summed E-state index contributed by atoms with van der Waals surface area (Å²) in [6.45, 7) is 7.11. The zero-order valence-corrected chi connectivity index (χ0v) is 14.6. The van der Waals surface area contributed by atoms with Gasteiger partial charge in [0.25, 0.3) is 0 Å². The van der Waals surface area contributed by atoms with Gasteiger partial charge in [0.05, 0.1) is 17.5 Å². The third-order valence-electron chi connectivity index (χ3n) is 5.20. The molecule has 0 bridgehead atoms. The van der Waals surface area contributed by atoms with Crippen molar-refractivity contribution in [2.75, 3.05) is 56.5 Å². The summed E-state index contributed by atoms with van der Waals surface area (Å²) in [5, 5.41) is 13.1. The number of likely N-dealkylation sites (tertiary alicyclic amines) is 1. The molecule has 2 atom stereocenters. The van der Waals surface area contributed by atoms with E-state index in [1.165, 1.54) is 0 Å². The number of anilines is 2. The maximum absolute atomic E-state index is 12.6. The Hall–Kier alpha value is -1.79. The molecule has 2 heterocycles. The number of urea groups is 1. The van der Waals surface area contributed by atoms with E-state index in [4.69, 9.17) is 0 Å². The van der Waals surface area contributed by atoms with Crippen LogP contribution in [-0.2, 0) is 0 Å². The Morgan fingerprint density at radius 2 is 1.88 bits per heavy atom. The Morgan fingerprint density at radius 1 is 1.17 bits per heavy atom. The molecule has 2 unspecified atom stereocenters. The van der Waals surface area contributed by atoms with E-state index in [1.54, 1.807) is 4.90 Å². The summed E-state index contributed by atoms with van der Waals surface area (Å²) >= 11 is 0. The molecule has 1 aromatic rings. The standard InChI is InChI=1S/C18H28N4O2/c1-14-7-8-22(13-17(14)23)18(24)19-15-5-3-4-6-16(15)21-11-9-20(2)10-12-21/h3-6,14,17,23H,7-13H2,1-2H3,(H,19,24). The van der Waals surface area contributed by atoms with Crippen LogP contribution in [0.2, 0.25) is 0 Å². The van der Waals surface area contributed by atoms with E-state index in [-0.39, 0.29) is 11.9 Å². The smallest absolute Gasteiger partial charge is 0.321 e. The number of amides is 2. The maximum Gasteiger partial charge on any atom is 0.321 e. The maximum atomic E-state index is 12.6. The summed E-state index contributed by atoms with van der Waals surface area (Å²) in [7, 11) is 2.13. The van der Waals surface area contributed by atoms with Gasteiger partial charge in [-0.25, -0.2) is 4.79 Å². The second-order valence-electron chi connectivity index (χ2n) is 7.02. The molecule has 0 aliphatic carbocycles. The van der Waals surface area contributed by atoms with Gasteiger partial charge in [0.1, 0.15) is 0 Å². The van der Waals surface area contributed by atoms with E-state index >= 15 is 0 Å². The lowest BCUT2D eigenvalue weighted by molar-refractivity contribution is 0.0464. The van der Waals surface area contributed by atoms with Gasteiger partial charge in [-0.3, -0.25) is 0 Å². The number of aliphatic hydroxyl groups excluding tert-OH is 1. The van der Waals surface area contributed by atoms with Crippen LogP contribution in [0.5, 0.6) is 0 Å². The van der Waals surface area contributed by atoms with Gasteiger partial charge < -0.3 is 25.1 Å². The SMILES string of the molecule is CC1CCN(C(=O)Nc2ccccc2N2CCN(C)CC2)CC1O. The number of para-hydroxylation sites is 2. The highest BCUT2D eigenvalue weighted by Gasteiger charge is 2.28. The van der Waals surface area contributed by atoms with Crippen molar-refractivity contribution in [3.05, 3.63) is 24.3 Å². The number of benzene rings is 1. The summed E-state index contributed by atoms with van der Waals surface area (Å²) in [4.78, 5) is 18.9. The molecule has 1 aromatic carbocycles. The molecular weight excluding hydrogens is 304 g/mol. The van der Waals surface area contributed by atoms with E-state index in [2.05, 4.69) is 28.2 Å². The number of aliphatic hydroxyl groups is 1. The number of likely N-dealkylation sites (N-methyl/N-ethyl adjacent to an activating group) is 1. The molecule has 0 spiro atoms. The van der Waals surface area contributed by atoms with Crippen LogP contribution in [0.15, 0.2) is 24.3 Å². The van der Waals surface area contributed by atoms with Gasteiger partial charge in [0.2, 0.25) is 0 Å². The number of piperidine rings is 1. The van der Waals surface area contributed by atoms with Gasteiger partial charge >= 0.3 is 6.03 Å². The van der Waals surface area contributed by atoms with Crippen LogP contribution in [0.1, 0.15) is 13.3 Å². The average Bonchev–Trinajstić information content (AvgIpc) is 2.58. The molecule has 132 valence electrons. The Labute approximate surface area is 144 Å². The first-order chi connectivity index (χ1) is 11.5. The summed E-state index contributed by atoms with van der Waals surface area (Å²) in [6.07, 6.45) is 0.409. The quantitative estimate of drug-likeness (QED) is 0.865. The summed E-state index contributed by atoms with van der Waals surface area (Å²) < 4.78 is 0. The lowest BCUT2D eigenvalue weighted by Crippen LogP contribution is -2.48. The molecule has 2 N–H and O–H groups in total. The number of nitrogens with one attached hydrogen (secondary N) is 1. The van der Waals surface area contributed by atoms with Gasteiger partial charge in [0, 0.05) is 39.3 Å². The van der Waals surface area contributed by atoms with Crippen LogP contribution in [0.25, 0.3) is 0 Å². The van der Waals surface area contributed by atoms with Gasteiger partial charge in [0.15, 0.2) is 0 Å². The molecule has 24 heavy (non-hydrogen) atoms. The van der Waals surface area contributed by atoms with Gasteiger partial charge in [-0.2, -0.15) is 0 Å². The summed E-state index contributed by atoms with van der Waals surface area (Å²) in [5.74, 6) is 0.256. The fourth-order valence-electron chi connectivity index (χ4n) is 3.33. The topological polar surface area (TPSA) is 59.1 Å². The van der Waals surface area contributed by atoms with Crippen LogP contribution in [0.4, 0.5) is 16.2 Å². The summed E-state index contributed by atoms with van der Waals surface area (Å²) in [5.41, 5.74) is 1.92. The van der Waals surface area contributed by atoms with Crippen LogP contribution >= 0.6 is 0 Å². The lowest BCUT2D eigenvalue weighted by Gasteiger charge is -2.36. The average molecular weight is 332 g/mol. The highest BCUT2D eigenvalue weighted by molar-refractivity contribution is 5.93. The normalized spacial score (nSPS) is 25.6. The van der Waals surface area contributed by atoms with E-state index < -0.39 is 6.10 Å². The van der Waals surface area contributed by atoms with Crippen molar-refractivity contribution in [1.82, 2.24) is 9.80 Å². The Balaban J connectivity index is 1.68. The highest BCUT2D eigenvalue weighted by Crippen LogP contribution is 2.27. The van der Waals surface area contributed by atoms with Crippen LogP contribution in [0, 0.1) is 5.92 Å². The minimum Gasteiger partial charge on any atom is -0.391 e. The molecule has 6 heteroatoms. The first-order valence-corrected chi connectivity index (χ1v) is 8.81. The monoisotopic (exact) mass is 332 g/mol. The first-order valence-electron chi connectivity index (χ1n) is 8.81. The van der Waals surface area contributed by atoms with Crippen molar-refractivity contribution < 1.29 is 9.90 Å². The fraction of sp³-hybridized carbons (Fsp3) is 0.611. The summed E-state index contributed by atoms with van der Waals surface area (Å²) in [6, 6.07) is 7.85. The number of carbonyl (C=O) groups excluding carboxylic acids is 1. The van der Waals surface area contributed by atoms with Crippen molar-refractivity contribution in [2.24, 2.45) is 5.92 Å². The molecule has 0 aromatic heterocycles. The number of hydrogen-bond acceptors (Lipinski definition) is 4. The second kappa shape index (κ2) is 7.40. The minimum absolute atomic E-state index is 0.123. The van der Waals surface area contributed by atoms with Crippen LogP contribution in [0.3, 0.4) is 0 Å². The molecule has 3 rings (SSSR count). The van der Waals surface area contributed by atoms with E-state index in [9.17, 15) is 9.90 Å². The minimum atomic E-state index is -0.433. The van der Waals surface area contributed by atoms with Crippen molar-refractivity contribution >= 4 is 17.4 Å². The predicted molar refractivity (Wildman–Crippen MR) is 96.5 cm³/mol. The van der Waals surface area contributed by atoms with Gasteiger partial charge in [-0.05, 0) is 31.5 Å². The molecule has 0 saturated carbocycles. The molecule has 0 radical (unpaired) electrons. The van der Waals surface area contributed by atoms with Gasteiger partial charge in [-0.1, -0.05) is 19.1 Å². The molecule has 6 nitrogen and oxygen atoms in total. The fourth-order valence-corrected chi connectivity index (χ4v) is 3.33. The predicted octanol–water partition coefficient (Wildman–Crippen LogP) is 1.67. The van der Waals surface area contributed by atoms with Crippen molar-refractivity contribution in [1.29, 1.82) is 0 Å². The molecule has 2 fully saturated rings. The number of piperazine rings is 1. The largest absolute Gasteiger partial charge is 0.391 e. The zero-order valence-electron chi connectivity index (χ0n) is 14.6. The van der Waals surface area contributed by atoms with E-state index in [1.807, 2.05) is 25.1 Å². The van der Waals surface area contributed by atoms with Crippen LogP contribution in [-0.4, -0.2) is 73.4 Å². The number of hydrogen-bond donors (Lipinski definition) is 2. The molecule has 2 aliphatic heterocycles. The second-order valence-corrected chi connectivity index (χ2v) is 7.02. The zero-order chi connectivity index (χ0) is 17.1. The van der Waals surface area contributed by atoms with Crippen molar-refractivity contribution in [2.45, 2.75) is 19.4 Å². The van der Waals surface area contributed by atoms with E-state index in [0.29, 0.717) is 13.1 Å². The number of nitrogens with zero attached hydrogens (tertiary/aromatic N) is 3. The lowest BCUT2D eigenvalue weighted by atomic mass is 9.96. The third-order valence-corrected chi connectivity index (χ3v) is 5.20. The number of rotatable bonds is 2. The first kappa shape index (κ1) is 17.0. The number of carbonyl (C=O) groups is 1. The molecule has 2 aliphatic rings. The molecule has 2 amide bonds. The van der Waals surface area contributed by atoms with Crippen LogP contribution < -0.4 is 10.2 Å². The Kier molecular flexibility index (Phi) is 5.26. The Bertz CT molecular complexity index is 572.